The minimum absolute atomic E-state index is 0. The zero-order chi connectivity index (χ0) is 7.61. The van der Waals surface area contributed by atoms with E-state index < -0.39 is 0 Å². The molecule has 1 N–H and O–H groups in total. The summed E-state index contributed by atoms with van der Waals surface area (Å²) in [6.07, 6.45) is 3.13. The molecule has 0 atom stereocenters. The zero-order valence-corrected chi connectivity index (χ0v) is 8.62. The first-order chi connectivity index (χ1) is 4.60. The quantitative estimate of drug-likeness (QED) is 0.578. The van der Waals surface area contributed by atoms with Crippen LogP contribution in [0.5, 0.6) is 0 Å². The van der Waals surface area contributed by atoms with Crippen LogP contribution in [0.2, 0.25) is 0 Å². The Bertz CT molecular complexity index is 143. The van der Waals surface area contributed by atoms with Gasteiger partial charge in [-0.2, -0.15) is 18.4 Å². The van der Waals surface area contributed by atoms with E-state index in [4.69, 9.17) is 0 Å². The minimum Gasteiger partial charge on any atom is -0.340 e. The van der Waals surface area contributed by atoms with Crippen LogP contribution in [0.1, 0.15) is 27.2 Å². The molecule has 0 fully saturated rings. The summed E-state index contributed by atoms with van der Waals surface area (Å²) in [6.45, 7) is 7.50. The first kappa shape index (κ1) is 11.0. The van der Waals surface area contributed by atoms with Gasteiger partial charge in [0.1, 0.15) is 0 Å². The van der Waals surface area contributed by atoms with E-state index >= 15 is 0 Å². The zero-order valence-electron chi connectivity index (χ0n) is 7.35. The number of nitrogens with zero attached hydrogens (tertiary/aromatic N) is 1. The molecule has 0 saturated heterocycles. The maximum atomic E-state index is 4.08. The second-order valence-electron chi connectivity index (χ2n) is 3.72. The van der Waals surface area contributed by atoms with Gasteiger partial charge in [0.15, 0.2) is 0 Å². The van der Waals surface area contributed by atoms with Crippen molar-refractivity contribution in [1.82, 2.24) is 5.43 Å². The van der Waals surface area contributed by atoms with E-state index in [1.165, 1.54) is 5.92 Å². The van der Waals surface area contributed by atoms with E-state index in [1.807, 2.05) is 6.21 Å². The van der Waals surface area contributed by atoms with Crippen LogP contribution in [0.25, 0.3) is 0 Å². The number of rotatable bonds is 0. The Balaban J connectivity index is 0.000001000. The minimum atomic E-state index is 0. The van der Waals surface area contributed by atoms with Crippen molar-refractivity contribution in [3.05, 3.63) is 5.92 Å². The van der Waals surface area contributed by atoms with Gasteiger partial charge in [0.05, 0.1) is 0 Å². The third-order valence-electron chi connectivity index (χ3n) is 1.64. The van der Waals surface area contributed by atoms with E-state index in [-0.39, 0.29) is 22.8 Å². The molecule has 0 amide bonds. The molecule has 0 bridgehead atoms. The monoisotopic (exact) mass is 191 g/mol. The molecule has 3 heteroatoms. The SMILES string of the molecule is C[C-]1CNN=CC(C)(C)C1.[Cr]. The molecular weight excluding hydrogens is 176 g/mol. The van der Waals surface area contributed by atoms with Gasteiger partial charge in [0, 0.05) is 23.6 Å². The van der Waals surface area contributed by atoms with Crippen LogP contribution in [0.4, 0.5) is 0 Å². The number of hydrogen-bond acceptors (Lipinski definition) is 2. The molecule has 1 aliphatic rings. The Morgan fingerprint density at radius 2 is 2.18 bits per heavy atom. The van der Waals surface area contributed by atoms with Crippen molar-refractivity contribution in [2.45, 2.75) is 27.2 Å². The van der Waals surface area contributed by atoms with Crippen molar-refractivity contribution in [2.24, 2.45) is 10.5 Å². The fourth-order valence-corrected chi connectivity index (χ4v) is 1.29. The number of hydrogen-bond donors (Lipinski definition) is 1. The van der Waals surface area contributed by atoms with Crippen LogP contribution >= 0.6 is 0 Å². The fraction of sp³-hybridized carbons (Fsp3) is 0.750. The standard InChI is InChI=1S/C8H15N2.Cr/c1-7-4-8(2,3)6-10-9-5-7;/h6,9H,4-5H2,1-3H3;/q-1;. The van der Waals surface area contributed by atoms with Gasteiger partial charge in [-0.05, 0) is 5.41 Å². The number of nitrogens with one attached hydrogen (secondary N) is 1. The van der Waals surface area contributed by atoms with Gasteiger partial charge in [-0.3, -0.25) is 5.92 Å². The molecule has 0 saturated carbocycles. The van der Waals surface area contributed by atoms with Gasteiger partial charge < -0.3 is 5.43 Å². The Morgan fingerprint density at radius 3 is 2.82 bits per heavy atom. The van der Waals surface area contributed by atoms with Crippen molar-refractivity contribution >= 4 is 6.21 Å². The summed E-state index contributed by atoms with van der Waals surface area (Å²) in [5.74, 6) is 1.47. The van der Waals surface area contributed by atoms with Crippen LogP contribution < -0.4 is 5.43 Å². The van der Waals surface area contributed by atoms with E-state index in [0.29, 0.717) is 0 Å². The summed E-state index contributed by atoms with van der Waals surface area (Å²) in [7, 11) is 0. The first-order valence-corrected chi connectivity index (χ1v) is 3.68. The molecule has 1 aliphatic heterocycles. The average Bonchev–Trinajstić information content (AvgIpc) is 1.90. The molecule has 0 unspecified atom stereocenters. The van der Waals surface area contributed by atoms with Crippen LogP contribution in [0.15, 0.2) is 5.10 Å². The second-order valence-corrected chi connectivity index (χ2v) is 3.72. The molecule has 1 heterocycles. The predicted octanol–water partition coefficient (Wildman–Crippen LogP) is 1.58. The van der Waals surface area contributed by atoms with Crippen LogP contribution in [-0.4, -0.2) is 12.8 Å². The van der Waals surface area contributed by atoms with E-state index in [0.717, 1.165) is 13.0 Å². The second kappa shape index (κ2) is 4.13. The normalized spacial score (nSPS) is 23.2. The van der Waals surface area contributed by atoms with Crippen LogP contribution in [0.3, 0.4) is 0 Å². The Kier molecular flexibility index (Phi) is 4.14. The van der Waals surface area contributed by atoms with E-state index in [2.05, 4.69) is 31.3 Å². The maximum absolute atomic E-state index is 4.08. The van der Waals surface area contributed by atoms with E-state index in [9.17, 15) is 0 Å². The van der Waals surface area contributed by atoms with Crippen molar-refractivity contribution < 1.29 is 17.4 Å². The maximum Gasteiger partial charge on any atom is 0.0272 e. The van der Waals surface area contributed by atoms with Gasteiger partial charge in [0.25, 0.3) is 0 Å². The summed E-state index contributed by atoms with van der Waals surface area (Å²) in [6, 6.07) is 0. The van der Waals surface area contributed by atoms with Gasteiger partial charge in [0.2, 0.25) is 0 Å². The van der Waals surface area contributed by atoms with E-state index in [1.54, 1.807) is 0 Å². The summed E-state index contributed by atoms with van der Waals surface area (Å²) in [5, 5.41) is 4.08. The molecular formula is C8H15CrN2-. The Morgan fingerprint density at radius 1 is 1.55 bits per heavy atom. The van der Waals surface area contributed by atoms with Crippen molar-refractivity contribution in [3.63, 3.8) is 0 Å². The Hall–Kier alpha value is 0.00247. The van der Waals surface area contributed by atoms with Crippen LogP contribution in [0, 0.1) is 11.3 Å². The first-order valence-electron chi connectivity index (χ1n) is 3.68. The largest absolute Gasteiger partial charge is 0.340 e. The summed E-state index contributed by atoms with van der Waals surface area (Å²) in [4.78, 5) is 0. The van der Waals surface area contributed by atoms with Crippen molar-refractivity contribution in [1.29, 1.82) is 0 Å². The smallest absolute Gasteiger partial charge is 0.0272 e. The summed E-state index contributed by atoms with van der Waals surface area (Å²) >= 11 is 0. The van der Waals surface area contributed by atoms with Crippen LogP contribution in [-0.2, 0) is 17.4 Å². The molecule has 1 rings (SSSR count). The molecule has 0 aromatic rings. The number of hydrazone groups is 1. The molecule has 64 valence electrons. The third kappa shape index (κ3) is 3.79. The molecule has 0 radical (unpaired) electrons. The summed E-state index contributed by atoms with van der Waals surface area (Å²) in [5.41, 5.74) is 3.23. The molecule has 0 aliphatic carbocycles. The Labute approximate surface area is 79.6 Å². The molecule has 0 aromatic carbocycles. The van der Waals surface area contributed by atoms with Crippen molar-refractivity contribution in [2.75, 3.05) is 6.54 Å². The predicted molar refractivity (Wildman–Crippen MR) is 43.8 cm³/mol. The van der Waals surface area contributed by atoms with Gasteiger partial charge >= 0.3 is 0 Å². The van der Waals surface area contributed by atoms with Gasteiger partial charge in [-0.1, -0.05) is 20.4 Å². The molecule has 11 heavy (non-hydrogen) atoms. The molecule has 2 nitrogen and oxygen atoms in total. The molecule has 0 spiro atoms. The van der Waals surface area contributed by atoms with Crippen molar-refractivity contribution in [3.8, 4) is 0 Å². The third-order valence-corrected chi connectivity index (χ3v) is 1.64. The average molecular weight is 191 g/mol. The topological polar surface area (TPSA) is 24.4 Å². The summed E-state index contributed by atoms with van der Waals surface area (Å²) < 4.78 is 0. The molecule has 0 aromatic heterocycles. The van der Waals surface area contributed by atoms with Gasteiger partial charge in [-0.25, -0.2) is 0 Å². The van der Waals surface area contributed by atoms with Gasteiger partial charge in [-0.15, -0.1) is 0 Å². The fourth-order valence-electron chi connectivity index (χ4n) is 1.29.